The number of anilines is 1. The predicted octanol–water partition coefficient (Wildman–Crippen LogP) is 1.49. The van der Waals surface area contributed by atoms with Gasteiger partial charge in [0.2, 0.25) is 5.56 Å². The van der Waals surface area contributed by atoms with Crippen LogP contribution >= 0.6 is 31.9 Å². The van der Waals surface area contributed by atoms with Crippen LogP contribution < -0.4 is 10.3 Å². The topological polar surface area (TPSA) is 105 Å². The van der Waals surface area contributed by atoms with Gasteiger partial charge in [0.15, 0.2) is 10.4 Å². The van der Waals surface area contributed by atoms with Crippen LogP contribution in [0.3, 0.4) is 0 Å². The van der Waals surface area contributed by atoms with E-state index in [-0.39, 0.29) is 20.9 Å². The summed E-state index contributed by atoms with van der Waals surface area (Å²) in [4.78, 5) is 20.9. The molecule has 7 nitrogen and oxygen atoms in total. The van der Waals surface area contributed by atoms with Gasteiger partial charge in [-0.25, -0.2) is 18.4 Å². The molecule has 0 saturated carbocycles. The average Bonchev–Trinajstić information content (AvgIpc) is 2.33. The largest absolute Gasteiger partial charge is 0.328 e. The van der Waals surface area contributed by atoms with Crippen molar-refractivity contribution in [3.63, 3.8) is 0 Å². The number of H-pyrrole nitrogens is 1. The molecule has 2 rings (SSSR count). The third kappa shape index (κ3) is 3.39. The third-order valence-electron chi connectivity index (χ3n) is 2.00. The molecule has 0 spiro atoms. The number of pyridine rings is 1. The molecule has 0 amide bonds. The predicted molar refractivity (Wildman–Crippen MR) is 75.3 cm³/mol. The number of hydrogen-bond donors (Lipinski definition) is 2. The first-order valence-electron chi connectivity index (χ1n) is 4.78. The van der Waals surface area contributed by atoms with Gasteiger partial charge in [-0.15, -0.1) is 0 Å². The second kappa shape index (κ2) is 5.39. The van der Waals surface area contributed by atoms with Crippen molar-refractivity contribution in [2.45, 2.75) is 4.90 Å². The van der Waals surface area contributed by atoms with Crippen LogP contribution in [-0.2, 0) is 10.0 Å². The van der Waals surface area contributed by atoms with E-state index >= 15 is 0 Å². The van der Waals surface area contributed by atoms with E-state index in [9.17, 15) is 13.2 Å². The zero-order chi connectivity index (χ0) is 14.0. The summed E-state index contributed by atoms with van der Waals surface area (Å²) in [7, 11) is -3.83. The zero-order valence-electron chi connectivity index (χ0n) is 9.09. The van der Waals surface area contributed by atoms with Crippen LogP contribution in [0.15, 0.2) is 43.4 Å². The minimum atomic E-state index is -3.83. The Balaban J connectivity index is 2.36. The summed E-state index contributed by atoms with van der Waals surface area (Å²) in [6, 6.07) is 2.32. The van der Waals surface area contributed by atoms with Crippen molar-refractivity contribution in [2.75, 3.05) is 4.72 Å². The molecule has 2 aromatic heterocycles. The highest BCUT2D eigenvalue weighted by molar-refractivity contribution is 9.11. The van der Waals surface area contributed by atoms with Crippen molar-refractivity contribution < 1.29 is 8.42 Å². The van der Waals surface area contributed by atoms with E-state index in [1.807, 2.05) is 0 Å². The van der Waals surface area contributed by atoms with Crippen molar-refractivity contribution in [2.24, 2.45) is 0 Å². The van der Waals surface area contributed by atoms with E-state index in [1.54, 1.807) is 0 Å². The molecule has 10 heteroatoms. The molecule has 19 heavy (non-hydrogen) atoms. The number of sulfonamides is 1. The highest BCUT2D eigenvalue weighted by Gasteiger charge is 2.17. The summed E-state index contributed by atoms with van der Waals surface area (Å²) in [5, 5.41) is 0. The molecular weight excluding hydrogens is 404 g/mol. The van der Waals surface area contributed by atoms with E-state index in [0.29, 0.717) is 4.60 Å². The van der Waals surface area contributed by atoms with Gasteiger partial charge in [-0.05, 0) is 37.9 Å². The van der Waals surface area contributed by atoms with E-state index in [1.165, 1.54) is 12.3 Å². The Morgan fingerprint density at radius 3 is 2.58 bits per heavy atom. The standard InChI is InChI=1S/C9H6Br2N4O3S/c10-6-4-13-9(8(11)14-6)15-19(17,18)5-1-2-7(16)12-3-5/h1-4H,(H,12,16)(H,13,15). The van der Waals surface area contributed by atoms with Crippen molar-refractivity contribution in [1.29, 1.82) is 0 Å². The maximum Gasteiger partial charge on any atom is 0.264 e. The fourth-order valence-corrected chi connectivity index (χ4v) is 3.19. The molecule has 0 atom stereocenters. The first-order valence-corrected chi connectivity index (χ1v) is 7.85. The van der Waals surface area contributed by atoms with Crippen LogP contribution in [0.25, 0.3) is 0 Å². The Morgan fingerprint density at radius 1 is 1.26 bits per heavy atom. The van der Waals surface area contributed by atoms with Gasteiger partial charge in [0.25, 0.3) is 10.0 Å². The Morgan fingerprint density at radius 2 is 2.00 bits per heavy atom. The number of nitrogens with one attached hydrogen (secondary N) is 2. The number of nitrogens with zero attached hydrogens (tertiary/aromatic N) is 2. The molecule has 2 aromatic rings. The van der Waals surface area contributed by atoms with Crippen LogP contribution in [0.1, 0.15) is 0 Å². The SMILES string of the molecule is O=c1ccc(S(=O)(=O)Nc2ncc(Br)nc2Br)c[nH]1. The van der Waals surface area contributed by atoms with Crippen molar-refractivity contribution in [3.05, 3.63) is 44.1 Å². The van der Waals surface area contributed by atoms with Crippen LogP contribution in [0.4, 0.5) is 5.82 Å². The lowest BCUT2D eigenvalue weighted by atomic mass is 10.5. The Bertz CT molecular complexity index is 755. The minimum Gasteiger partial charge on any atom is -0.328 e. The molecule has 0 saturated heterocycles. The monoisotopic (exact) mass is 408 g/mol. The maximum atomic E-state index is 12.0. The first kappa shape index (κ1) is 14.2. The van der Waals surface area contributed by atoms with Crippen LogP contribution in [-0.4, -0.2) is 23.4 Å². The lowest BCUT2D eigenvalue weighted by Gasteiger charge is -2.07. The molecule has 0 aliphatic carbocycles. The molecule has 2 N–H and O–H groups in total. The van der Waals surface area contributed by atoms with E-state index in [0.717, 1.165) is 12.3 Å². The normalized spacial score (nSPS) is 11.3. The molecular formula is C9H6Br2N4O3S. The summed E-state index contributed by atoms with van der Waals surface area (Å²) in [5.41, 5.74) is -0.386. The van der Waals surface area contributed by atoms with Gasteiger partial charge in [0.1, 0.15) is 9.50 Å². The zero-order valence-corrected chi connectivity index (χ0v) is 13.1. The third-order valence-corrected chi connectivity index (χ3v) is 4.27. The second-order valence-corrected chi connectivity index (χ2v) is 6.57. The van der Waals surface area contributed by atoms with Gasteiger partial charge in [-0.1, -0.05) is 0 Å². The van der Waals surface area contributed by atoms with E-state index in [4.69, 9.17) is 0 Å². The first-order chi connectivity index (χ1) is 8.88. The van der Waals surface area contributed by atoms with Gasteiger partial charge in [0, 0.05) is 12.3 Å². The lowest BCUT2D eigenvalue weighted by Crippen LogP contribution is -2.16. The van der Waals surface area contributed by atoms with Crippen molar-refractivity contribution in [1.82, 2.24) is 15.0 Å². The summed E-state index contributed by atoms with van der Waals surface area (Å²) in [5.74, 6) is 0.0504. The summed E-state index contributed by atoms with van der Waals surface area (Å²) in [6.07, 6.45) is 2.46. The Kier molecular flexibility index (Phi) is 4.02. The van der Waals surface area contributed by atoms with Crippen LogP contribution in [0.5, 0.6) is 0 Å². The summed E-state index contributed by atoms with van der Waals surface area (Å²) in [6.45, 7) is 0. The second-order valence-electron chi connectivity index (χ2n) is 3.33. The molecule has 0 unspecified atom stereocenters. The van der Waals surface area contributed by atoms with E-state index in [2.05, 4.69) is 51.5 Å². The number of hydrogen-bond acceptors (Lipinski definition) is 5. The van der Waals surface area contributed by atoms with E-state index < -0.39 is 10.0 Å². The lowest BCUT2D eigenvalue weighted by molar-refractivity contribution is 0.600. The molecule has 0 fully saturated rings. The Hall–Kier alpha value is -1.26. The van der Waals surface area contributed by atoms with Gasteiger partial charge in [-0.3, -0.25) is 9.52 Å². The van der Waals surface area contributed by atoms with Crippen molar-refractivity contribution >= 4 is 47.7 Å². The number of rotatable bonds is 3. The fraction of sp³-hybridized carbons (Fsp3) is 0. The highest BCUT2D eigenvalue weighted by atomic mass is 79.9. The fourth-order valence-electron chi connectivity index (χ4n) is 1.16. The van der Waals surface area contributed by atoms with Gasteiger partial charge >= 0.3 is 0 Å². The number of aromatic nitrogens is 3. The molecule has 0 bridgehead atoms. The molecule has 0 radical (unpaired) electrons. The van der Waals surface area contributed by atoms with Gasteiger partial charge in [-0.2, -0.15) is 0 Å². The molecule has 0 aliphatic rings. The molecule has 2 heterocycles. The number of halogens is 2. The molecule has 100 valence electrons. The Labute approximate surface area is 124 Å². The minimum absolute atomic E-state index is 0.0504. The maximum absolute atomic E-state index is 12.0. The number of aromatic amines is 1. The summed E-state index contributed by atoms with van der Waals surface area (Å²) < 4.78 is 27.0. The smallest absolute Gasteiger partial charge is 0.264 e. The quantitative estimate of drug-likeness (QED) is 0.798. The molecule has 0 aliphatic heterocycles. The average molecular weight is 410 g/mol. The highest BCUT2D eigenvalue weighted by Crippen LogP contribution is 2.22. The molecule has 0 aromatic carbocycles. The van der Waals surface area contributed by atoms with Crippen molar-refractivity contribution in [3.8, 4) is 0 Å². The van der Waals surface area contributed by atoms with Crippen LogP contribution in [0, 0.1) is 0 Å². The summed E-state index contributed by atoms with van der Waals surface area (Å²) >= 11 is 6.20. The van der Waals surface area contributed by atoms with Gasteiger partial charge < -0.3 is 4.98 Å². The van der Waals surface area contributed by atoms with Crippen LogP contribution in [0.2, 0.25) is 0 Å². The van der Waals surface area contributed by atoms with Gasteiger partial charge in [0.05, 0.1) is 6.20 Å².